The van der Waals surface area contributed by atoms with Gasteiger partial charge in [-0.1, -0.05) is 18.2 Å². The van der Waals surface area contributed by atoms with Crippen molar-refractivity contribution in [1.82, 2.24) is 9.88 Å². The topological polar surface area (TPSA) is 78.0 Å². The normalized spacial score (nSPS) is 10.3. The SMILES string of the molecule is N#CCCNC(=O)Cn1cc(CO)c2ccccc21. The van der Waals surface area contributed by atoms with Crippen molar-refractivity contribution in [3.05, 3.63) is 36.0 Å². The molecule has 0 saturated carbocycles. The Morgan fingerprint density at radius 3 is 2.95 bits per heavy atom. The summed E-state index contributed by atoms with van der Waals surface area (Å²) in [5.74, 6) is -0.138. The summed E-state index contributed by atoms with van der Waals surface area (Å²) in [5, 5.41) is 21.4. The van der Waals surface area contributed by atoms with Crippen LogP contribution in [0, 0.1) is 11.3 Å². The molecule has 0 spiro atoms. The van der Waals surface area contributed by atoms with E-state index in [0.717, 1.165) is 16.5 Å². The molecule has 0 aliphatic heterocycles. The fraction of sp³-hybridized carbons (Fsp3) is 0.286. The third-order valence-electron chi connectivity index (χ3n) is 2.91. The molecule has 1 aromatic heterocycles. The lowest BCUT2D eigenvalue weighted by molar-refractivity contribution is -0.121. The Hall–Kier alpha value is -2.32. The highest BCUT2D eigenvalue weighted by atomic mass is 16.3. The average Bonchev–Trinajstić information content (AvgIpc) is 2.77. The zero-order valence-electron chi connectivity index (χ0n) is 10.5. The third-order valence-corrected chi connectivity index (χ3v) is 2.91. The summed E-state index contributed by atoms with van der Waals surface area (Å²) in [4.78, 5) is 11.7. The second-order valence-electron chi connectivity index (χ2n) is 4.22. The van der Waals surface area contributed by atoms with Gasteiger partial charge in [-0.25, -0.2) is 0 Å². The zero-order valence-corrected chi connectivity index (χ0v) is 10.5. The van der Waals surface area contributed by atoms with Gasteiger partial charge in [0.25, 0.3) is 0 Å². The lowest BCUT2D eigenvalue weighted by Crippen LogP contribution is -2.28. The number of aromatic nitrogens is 1. The van der Waals surface area contributed by atoms with Crippen LogP contribution in [-0.2, 0) is 17.9 Å². The highest BCUT2D eigenvalue weighted by Crippen LogP contribution is 2.21. The second kappa shape index (κ2) is 6.03. The van der Waals surface area contributed by atoms with Crippen molar-refractivity contribution in [2.24, 2.45) is 0 Å². The van der Waals surface area contributed by atoms with Gasteiger partial charge in [-0.2, -0.15) is 5.26 Å². The zero-order chi connectivity index (χ0) is 13.7. The summed E-state index contributed by atoms with van der Waals surface area (Å²) in [7, 11) is 0. The minimum Gasteiger partial charge on any atom is -0.392 e. The number of benzene rings is 1. The van der Waals surface area contributed by atoms with Crippen molar-refractivity contribution < 1.29 is 9.90 Å². The molecule has 5 heteroatoms. The molecule has 98 valence electrons. The van der Waals surface area contributed by atoms with E-state index in [1.54, 1.807) is 6.20 Å². The number of aliphatic hydroxyl groups is 1. The van der Waals surface area contributed by atoms with E-state index in [2.05, 4.69) is 5.32 Å². The Labute approximate surface area is 111 Å². The molecule has 2 rings (SSSR count). The van der Waals surface area contributed by atoms with Crippen molar-refractivity contribution in [3.8, 4) is 6.07 Å². The third kappa shape index (κ3) is 2.92. The van der Waals surface area contributed by atoms with Gasteiger partial charge in [0.2, 0.25) is 5.91 Å². The number of para-hydroxylation sites is 1. The molecule has 0 atom stereocenters. The van der Waals surface area contributed by atoms with E-state index in [1.807, 2.05) is 34.9 Å². The molecular weight excluding hydrogens is 242 g/mol. The fourth-order valence-electron chi connectivity index (χ4n) is 2.05. The predicted octanol–water partition coefficient (Wildman–Crippen LogP) is 1.16. The standard InChI is InChI=1S/C14H15N3O2/c15-6-3-7-16-14(19)9-17-8-11(10-18)12-4-1-2-5-13(12)17/h1-2,4-5,8,18H,3,7,9-10H2,(H,16,19). The molecule has 19 heavy (non-hydrogen) atoms. The largest absolute Gasteiger partial charge is 0.392 e. The molecule has 0 aliphatic carbocycles. The molecule has 1 heterocycles. The summed E-state index contributed by atoms with van der Waals surface area (Å²) in [6.07, 6.45) is 2.09. The molecule has 0 fully saturated rings. The number of hydrogen-bond donors (Lipinski definition) is 2. The van der Waals surface area contributed by atoms with Gasteiger partial charge in [0.15, 0.2) is 0 Å². The van der Waals surface area contributed by atoms with Gasteiger partial charge in [0.05, 0.1) is 19.1 Å². The highest BCUT2D eigenvalue weighted by molar-refractivity contribution is 5.86. The van der Waals surface area contributed by atoms with Crippen LogP contribution in [0.1, 0.15) is 12.0 Å². The number of carbonyl (C=O) groups is 1. The number of nitriles is 1. The van der Waals surface area contributed by atoms with Crippen molar-refractivity contribution >= 4 is 16.8 Å². The molecule has 0 radical (unpaired) electrons. The van der Waals surface area contributed by atoms with Gasteiger partial charge in [0.1, 0.15) is 6.54 Å². The summed E-state index contributed by atoms with van der Waals surface area (Å²) < 4.78 is 1.81. The van der Waals surface area contributed by atoms with Crippen LogP contribution in [0.4, 0.5) is 0 Å². The first-order valence-corrected chi connectivity index (χ1v) is 6.07. The van der Waals surface area contributed by atoms with Crippen molar-refractivity contribution in [1.29, 1.82) is 5.26 Å². The number of amides is 1. The van der Waals surface area contributed by atoms with E-state index < -0.39 is 0 Å². The molecule has 2 N–H and O–H groups in total. The maximum Gasteiger partial charge on any atom is 0.239 e. The van der Waals surface area contributed by atoms with Crippen LogP contribution in [-0.4, -0.2) is 22.1 Å². The first-order valence-electron chi connectivity index (χ1n) is 6.07. The minimum atomic E-state index is -0.138. The second-order valence-corrected chi connectivity index (χ2v) is 4.22. The van der Waals surface area contributed by atoms with Crippen LogP contribution < -0.4 is 5.32 Å². The first-order chi connectivity index (χ1) is 9.26. The monoisotopic (exact) mass is 257 g/mol. The van der Waals surface area contributed by atoms with Gasteiger partial charge in [-0.3, -0.25) is 4.79 Å². The van der Waals surface area contributed by atoms with Gasteiger partial charge >= 0.3 is 0 Å². The Morgan fingerprint density at radius 2 is 2.21 bits per heavy atom. The first kappa shape index (κ1) is 13.1. The lowest BCUT2D eigenvalue weighted by Gasteiger charge is -2.05. The van der Waals surface area contributed by atoms with E-state index in [4.69, 9.17) is 5.26 Å². The Bertz CT molecular complexity index is 625. The van der Waals surface area contributed by atoms with Crippen molar-refractivity contribution in [3.63, 3.8) is 0 Å². The highest BCUT2D eigenvalue weighted by Gasteiger charge is 2.09. The Morgan fingerprint density at radius 1 is 1.42 bits per heavy atom. The van der Waals surface area contributed by atoms with E-state index in [-0.39, 0.29) is 19.1 Å². The van der Waals surface area contributed by atoms with Gasteiger partial charge in [-0.15, -0.1) is 0 Å². The van der Waals surface area contributed by atoms with Gasteiger partial charge < -0.3 is 15.0 Å². The molecule has 0 bridgehead atoms. The van der Waals surface area contributed by atoms with Crippen LogP contribution in [0.3, 0.4) is 0 Å². The maximum absolute atomic E-state index is 11.7. The van der Waals surface area contributed by atoms with Crippen LogP contribution in [0.25, 0.3) is 10.9 Å². The molecule has 0 unspecified atom stereocenters. The molecule has 2 aromatic rings. The number of hydrogen-bond acceptors (Lipinski definition) is 3. The van der Waals surface area contributed by atoms with E-state index in [9.17, 15) is 9.90 Å². The summed E-state index contributed by atoms with van der Waals surface area (Å²) >= 11 is 0. The molecule has 0 saturated heterocycles. The van der Waals surface area contributed by atoms with Crippen LogP contribution >= 0.6 is 0 Å². The Kier molecular flexibility index (Phi) is 4.16. The molecule has 5 nitrogen and oxygen atoms in total. The number of nitrogens with zero attached hydrogens (tertiary/aromatic N) is 2. The average molecular weight is 257 g/mol. The number of carbonyl (C=O) groups excluding carboxylic acids is 1. The van der Waals surface area contributed by atoms with Gasteiger partial charge in [0, 0.05) is 29.2 Å². The summed E-state index contributed by atoms with van der Waals surface area (Å²) in [6, 6.07) is 9.61. The quantitative estimate of drug-likeness (QED) is 0.789. The molecule has 1 aromatic carbocycles. The smallest absolute Gasteiger partial charge is 0.239 e. The summed E-state index contributed by atoms with van der Waals surface area (Å²) in [5.41, 5.74) is 1.72. The van der Waals surface area contributed by atoms with Crippen molar-refractivity contribution in [2.75, 3.05) is 6.54 Å². The van der Waals surface area contributed by atoms with E-state index in [1.165, 1.54) is 0 Å². The number of rotatable bonds is 5. The maximum atomic E-state index is 11.7. The van der Waals surface area contributed by atoms with Gasteiger partial charge in [-0.05, 0) is 6.07 Å². The van der Waals surface area contributed by atoms with Crippen molar-refractivity contribution in [2.45, 2.75) is 19.6 Å². The molecule has 1 amide bonds. The van der Waals surface area contributed by atoms with Crippen LogP contribution in [0.2, 0.25) is 0 Å². The van der Waals surface area contributed by atoms with E-state index >= 15 is 0 Å². The number of fused-ring (bicyclic) bond motifs is 1. The Balaban J connectivity index is 2.17. The fourth-order valence-corrected chi connectivity index (χ4v) is 2.05. The minimum absolute atomic E-state index is 0.0520. The van der Waals surface area contributed by atoms with Crippen LogP contribution in [0.15, 0.2) is 30.5 Å². The number of aliphatic hydroxyl groups excluding tert-OH is 1. The lowest BCUT2D eigenvalue weighted by atomic mass is 10.2. The molecular formula is C14H15N3O2. The number of nitrogens with one attached hydrogen (secondary N) is 1. The summed E-state index contributed by atoms with van der Waals surface area (Å²) in [6.45, 7) is 0.497. The predicted molar refractivity (Wildman–Crippen MR) is 71.1 cm³/mol. The van der Waals surface area contributed by atoms with E-state index in [0.29, 0.717) is 13.0 Å². The molecule has 0 aliphatic rings. The van der Waals surface area contributed by atoms with Crippen LogP contribution in [0.5, 0.6) is 0 Å².